The number of nitrogens with one attached hydrogen (secondary N) is 1. The van der Waals surface area contributed by atoms with E-state index in [1.165, 1.54) is 6.42 Å². The highest BCUT2D eigenvalue weighted by molar-refractivity contribution is 5.95. The Morgan fingerprint density at radius 1 is 1.50 bits per heavy atom. The molecule has 2 aliphatic rings. The van der Waals surface area contributed by atoms with E-state index in [1.807, 2.05) is 36.9 Å². The lowest BCUT2D eigenvalue weighted by molar-refractivity contribution is -0.119. The first-order valence-electron chi connectivity index (χ1n) is 7.44. The Labute approximate surface area is 120 Å². The Hall–Kier alpha value is -1.55. The van der Waals surface area contributed by atoms with Crippen LogP contribution in [0.15, 0.2) is 18.2 Å². The van der Waals surface area contributed by atoms with Crippen LogP contribution < -0.4 is 15.0 Å². The first-order chi connectivity index (χ1) is 9.63. The molecule has 1 fully saturated rings. The largest absolute Gasteiger partial charge is 0.487 e. The van der Waals surface area contributed by atoms with Gasteiger partial charge in [-0.25, -0.2) is 0 Å². The lowest BCUT2D eigenvalue weighted by Gasteiger charge is -2.34. The summed E-state index contributed by atoms with van der Waals surface area (Å²) in [6.45, 7) is 5.73. The van der Waals surface area contributed by atoms with Crippen molar-refractivity contribution in [3.05, 3.63) is 23.8 Å². The zero-order valence-electron chi connectivity index (χ0n) is 12.2. The molecular weight excluding hydrogens is 252 g/mol. The summed E-state index contributed by atoms with van der Waals surface area (Å²) in [5.74, 6) is 1.03. The highest BCUT2D eigenvalue weighted by Gasteiger charge is 2.29. The third-order valence-electron chi connectivity index (χ3n) is 4.06. The van der Waals surface area contributed by atoms with Gasteiger partial charge in [-0.1, -0.05) is 6.07 Å². The predicted octanol–water partition coefficient (Wildman–Crippen LogP) is 2.25. The minimum Gasteiger partial charge on any atom is -0.487 e. The first-order valence-corrected chi connectivity index (χ1v) is 7.44. The average Bonchev–Trinajstić information content (AvgIpc) is 2.90. The zero-order valence-corrected chi connectivity index (χ0v) is 12.2. The van der Waals surface area contributed by atoms with E-state index in [0.29, 0.717) is 19.0 Å². The predicted molar refractivity (Wildman–Crippen MR) is 79.3 cm³/mol. The van der Waals surface area contributed by atoms with E-state index in [9.17, 15) is 4.79 Å². The van der Waals surface area contributed by atoms with Crippen molar-refractivity contribution < 1.29 is 9.53 Å². The number of aryl methyl sites for hydroxylation is 1. The van der Waals surface area contributed by atoms with Gasteiger partial charge >= 0.3 is 0 Å². The topological polar surface area (TPSA) is 41.6 Å². The van der Waals surface area contributed by atoms with Crippen molar-refractivity contribution in [3.63, 3.8) is 0 Å². The van der Waals surface area contributed by atoms with E-state index in [0.717, 1.165) is 30.0 Å². The molecule has 1 aromatic carbocycles. The lowest BCUT2D eigenvalue weighted by Crippen LogP contribution is -2.44. The molecule has 1 saturated heterocycles. The molecule has 4 nitrogen and oxygen atoms in total. The Morgan fingerprint density at radius 2 is 2.35 bits per heavy atom. The highest BCUT2D eigenvalue weighted by Crippen LogP contribution is 2.34. The fraction of sp³-hybridized carbons (Fsp3) is 0.562. The molecule has 2 unspecified atom stereocenters. The summed E-state index contributed by atoms with van der Waals surface area (Å²) < 4.78 is 5.85. The fourth-order valence-electron chi connectivity index (χ4n) is 3.04. The fourth-order valence-corrected chi connectivity index (χ4v) is 3.04. The number of nitrogens with zero attached hydrogens (tertiary/aromatic N) is 1. The van der Waals surface area contributed by atoms with Gasteiger partial charge in [0.05, 0.1) is 12.2 Å². The number of hydrogen-bond donors (Lipinski definition) is 1. The van der Waals surface area contributed by atoms with Gasteiger partial charge < -0.3 is 15.0 Å². The van der Waals surface area contributed by atoms with Crippen LogP contribution in [0.2, 0.25) is 0 Å². The summed E-state index contributed by atoms with van der Waals surface area (Å²) in [7, 11) is 0. The first kappa shape index (κ1) is 13.4. The normalized spacial score (nSPS) is 25.2. The van der Waals surface area contributed by atoms with Gasteiger partial charge in [-0.05, 0) is 50.9 Å². The van der Waals surface area contributed by atoms with Gasteiger partial charge in [0.25, 0.3) is 0 Å². The summed E-state index contributed by atoms with van der Waals surface area (Å²) in [5, 5.41) is 3.39. The number of hydrogen-bond acceptors (Lipinski definition) is 3. The Bertz CT molecular complexity index is 509. The van der Waals surface area contributed by atoms with Crippen LogP contribution in [0.3, 0.4) is 0 Å². The molecule has 1 amide bonds. The third-order valence-corrected chi connectivity index (χ3v) is 4.06. The van der Waals surface area contributed by atoms with Crippen LogP contribution in [0.4, 0.5) is 5.69 Å². The van der Waals surface area contributed by atoms with Crippen LogP contribution in [0, 0.1) is 6.92 Å². The van der Waals surface area contributed by atoms with Crippen LogP contribution in [-0.2, 0) is 4.79 Å². The molecule has 4 heteroatoms. The number of benzene rings is 1. The van der Waals surface area contributed by atoms with Crippen molar-refractivity contribution in [1.82, 2.24) is 5.32 Å². The van der Waals surface area contributed by atoms with Crippen LogP contribution in [0.5, 0.6) is 5.75 Å². The molecule has 1 aromatic rings. The minimum absolute atomic E-state index is 0.0461. The molecule has 2 aliphatic heterocycles. The molecule has 2 atom stereocenters. The summed E-state index contributed by atoms with van der Waals surface area (Å²) in [5.41, 5.74) is 2.07. The van der Waals surface area contributed by atoms with Gasteiger partial charge in [-0.15, -0.1) is 0 Å². The summed E-state index contributed by atoms with van der Waals surface area (Å²) in [4.78, 5) is 14.5. The minimum atomic E-state index is 0.0461. The second kappa shape index (κ2) is 5.44. The van der Waals surface area contributed by atoms with E-state index < -0.39 is 0 Å². The van der Waals surface area contributed by atoms with Crippen LogP contribution >= 0.6 is 0 Å². The Balaban J connectivity index is 1.80. The third kappa shape index (κ3) is 2.66. The summed E-state index contributed by atoms with van der Waals surface area (Å²) in [6, 6.07) is 6.39. The van der Waals surface area contributed by atoms with Crippen LogP contribution in [-0.4, -0.2) is 31.1 Å². The monoisotopic (exact) mass is 274 g/mol. The van der Waals surface area contributed by atoms with E-state index in [4.69, 9.17) is 4.74 Å². The number of fused-ring (bicyclic) bond motifs is 1. The van der Waals surface area contributed by atoms with Gasteiger partial charge in [0, 0.05) is 12.5 Å². The zero-order chi connectivity index (χ0) is 14.1. The van der Waals surface area contributed by atoms with E-state index in [1.54, 1.807) is 0 Å². The number of anilines is 1. The van der Waals surface area contributed by atoms with Crippen molar-refractivity contribution in [2.24, 2.45) is 0 Å². The standard InChI is InChI=1S/C16H22N2O2/c1-11-5-6-14-15(8-11)20-12(2)10-18(14)16(19)9-13-4-3-7-17-13/h5-6,8,12-13,17H,3-4,7,9-10H2,1-2H3. The number of carbonyl (C=O) groups is 1. The Kier molecular flexibility index (Phi) is 3.66. The van der Waals surface area contributed by atoms with E-state index >= 15 is 0 Å². The summed E-state index contributed by atoms with van der Waals surface area (Å²) in [6.07, 6.45) is 2.91. The maximum absolute atomic E-state index is 12.6. The van der Waals surface area contributed by atoms with Crippen molar-refractivity contribution in [2.75, 3.05) is 18.0 Å². The smallest absolute Gasteiger partial charge is 0.228 e. The van der Waals surface area contributed by atoms with Gasteiger partial charge in [0.1, 0.15) is 11.9 Å². The van der Waals surface area contributed by atoms with Gasteiger partial charge in [-0.2, -0.15) is 0 Å². The van der Waals surface area contributed by atoms with Crippen molar-refractivity contribution in [3.8, 4) is 5.75 Å². The molecule has 20 heavy (non-hydrogen) atoms. The van der Waals surface area contributed by atoms with Gasteiger partial charge in [0.15, 0.2) is 0 Å². The number of ether oxygens (including phenoxy) is 1. The molecule has 0 saturated carbocycles. The lowest BCUT2D eigenvalue weighted by atomic mass is 10.1. The Morgan fingerprint density at radius 3 is 3.10 bits per heavy atom. The molecule has 108 valence electrons. The number of rotatable bonds is 2. The second-order valence-electron chi connectivity index (χ2n) is 5.90. The molecule has 0 spiro atoms. The average molecular weight is 274 g/mol. The van der Waals surface area contributed by atoms with Crippen molar-refractivity contribution in [2.45, 2.75) is 45.3 Å². The molecular formula is C16H22N2O2. The summed E-state index contributed by atoms with van der Waals surface area (Å²) >= 11 is 0. The molecule has 0 bridgehead atoms. The van der Waals surface area contributed by atoms with E-state index in [-0.39, 0.29) is 12.0 Å². The maximum Gasteiger partial charge on any atom is 0.228 e. The SMILES string of the molecule is Cc1ccc2c(c1)OC(C)CN2C(=O)CC1CCCN1. The van der Waals surface area contributed by atoms with Crippen LogP contribution in [0.1, 0.15) is 31.7 Å². The molecule has 3 rings (SSSR count). The molecule has 0 radical (unpaired) electrons. The second-order valence-corrected chi connectivity index (χ2v) is 5.90. The highest BCUT2D eigenvalue weighted by atomic mass is 16.5. The van der Waals surface area contributed by atoms with E-state index in [2.05, 4.69) is 5.32 Å². The van der Waals surface area contributed by atoms with Crippen molar-refractivity contribution >= 4 is 11.6 Å². The quantitative estimate of drug-likeness (QED) is 0.899. The molecule has 0 aromatic heterocycles. The molecule has 0 aliphatic carbocycles. The van der Waals surface area contributed by atoms with Crippen molar-refractivity contribution in [1.29, 1.82) is 0 Å². The van der Waals surface area contributed by atoms with Gasteiger partial charge in [-0.3, -0.25) is 4.79 Å². The maximum atomic E-state index is 12.6. The number of amides is 1. The van der Waals surface area contributed by atoms with Crippen LogP contribution in [0.25, 0.3) is 0 Å². The molecule has 1 N–H and O–H groups in total. The molecule has 2 heterocycles. The number of carbonyl (C=O) groups excluding carboxylic acids is 1. The van der Waals surface area contributed by atoms with Gasteiger partial charge in [0.2, 0.25) is 5.91 Å².